The number of thioether (sulfide) groups is 1. The lowest BCUT2D eigenvalue weighted by molar-refractivity contribution is -0.142. The second-order valence-corrected chi connectivity index (χ2v) is 4.49. The summed E-state index contributed by atoms with van der Waals surface area (Å²) < 4.78 is 4.59. The van der Waals surface area contributed by atoms with Gasteiger partial charge in [0.15, 0.2) is 0 Å². The van der Waals surface area contributed by atoms with Crippen LogP contribution in [0, 0.1) is 0 Å². The van der Waals surface area contributed by atoms with Gasteiger partial charge in [-0.15, -0.1) is 0 Å². The number of carbonyl (C=O) groups is 1. The lowest BCUT2D eigenvalue weighted by atomic mass is 10.2. The Balaban J connectivity index is 2.39. The number of methoxy groups -OCH3 is 1. The van der Waals surface area contributed by atoms with Gasteiger partial charge >= 0.3 is 5.97 Å². The van der Waals surface area contributed by atoms with E-state index in [1.165, 1.54) is 7.11 Å². The van der Waals surface area contributed by atoms with Crippen molar-refractivity contribution in [2.75, 3.05) is 38.3 Å². The van der Waals surface area contributed by atoms with Crippen molar-refractivity contribution in [3.8, 4) is 0 Å². The smallest absolute Gasteiger partial charge is 0.307 e. The van der Waals surface area contributed by atoms with E-state index in [4.69, 9.17) is 5.11 Å². The summed E-state index contributed by atoms with van der Waals surface area (Å²) in [5, 5.41) is 9.17. The lowest BCUT2D eigenvalue weighted by Gasteiger charge is -2.32. The van der Waals surface area contributed by atoms with Gasteiger partial charge in [-0.2, -0.15) is 11.8 Å². The third-order valence-corrected chi connectivity index (χ3v) is 3.35. The Hall–Kier alpha value is -0.260. The second kappa shape index (κ2) is 6.27. The van der Waals surface area contributed by atoms with Gasteiger partial charge in [0.25, 0.3) is 0 Å². The van der Waals surface area contributed by atoms with Crippen LogP contribution < -0.4 is 0 Å². The molecule has 1 unspecified atom stereocenters. The van der Waals surface area contributed by atoms with Crippen LogP contribution in [0.1, 0.15) is 6.42 Å². The first kappa shape index (κ1) is 11.8. The van der Waals surface area contributed by atoms with E-state index >= 15 is 0 Å². The molecule has 0 radical (unpaired) electrons. The number of aliphatic hydroxyl groups is 1. The molecule has 5 heteroatoms. The van der Waals surface area contributed by atoms with E-state index in [0.29, 0.717) is 0 Å². The molecule has 0 aromatic heterocycles. The third kappa shape index (κ3) is 3.48. The summed E-state index contributed by atoms with van der Waals surface area (Å²) in [5.41, 5.74) is 0. The highest BCUT2D eigenvalue weighted by Gasteiger charge is 2.22. The molecule has 1 atom stereocenters. The van der Waals surface area contributed by atoms with E-state index in [0.717, 1.165) is 24.6 Å². The minimum atomic E-state index is -0.248. The van der Waals surface area contributed by atoms with Crippen LogP contribution in [0.15, 0.2) is 0 Å². The van der Waals surface area contributed by atoms with Gasteiger partial charge in [0.1, 0.15) is 0 Å². The molecule has 1 heterocycles. The van der Waals surface area contributed by atoms with Crippen LogP contribution in [0.5, 0.6) is 0 Å². The van der Waals surface area contributed by atoms with Crippen LogP contribution in [0.3, 0.4) is 0 Å². The number of rotatable bonds is 4. The van der Waals surface area contributed by atoms with Crippen molar-refractivity contribution in [3.05, 3.63) is 0 Å². The number of esters is 1. The van der Waals surface area contributed by atoms with E-state index in [2.05, 4.69) is 9.64 Å². The summed E-state index contributed by atoms with van der Waals surface area (Å²) in [5.74, 6) is 1.91. The number of hydrogen-bond donors (Lipinski definition) is 1. The molecular formula is C9H17NO3S. The molecule has 0 bridgehead atoms. The number of aliphatic hydroxyl groups excluding tert-OH is 1. The SMILES string of the molecule is COC(=O)CC(CO)N1CCSCC1. The zero-order chi connectivity index (χ0) is 10.4. The highest BCUT2D eigenvalue weighted by molar-refractivity contribution is 7.99. The van der Waals surface area contributed by atoms with E-state index in [-0.39, 0.29) is 25.0 Å². The van der Waals surface area contributed by atoms with Crippen molar-refractivity contribution < 1.29 is 14.6 Å². The van der Waals surface area contributed by atoms with E-state index in [9.17, 15) is 4.79 Å². The number of carbonyl (C=O) groups excluding carboxylic acids is 1. The van der Waals surface area contributed by atoms with Gasteiger partial charge in [0.05, 0.1) is 20.1 Å². The van der Waals surface area contributed by atoms with Crippen molar-refractivity contribution in [1.82, 2.24) is 4.90 Å². The topological polar surface area (TPSA) is 49.8 Å². The van der Waals surface area contributed by atoms with Crippen LogP contribution in [-0.2, 0) is 9.53 Å². The van der Waals surface area contributed by atoms with Crippen LogP contribution in [0.2, 0.25) is 0 Å². The molecule has 1 rings (SSSR count). The monoisotopic (exact) mass is 219 g/mol. The van der Waals surface area contributed by atoms with Crippen LogP contribution in [0.25, 0.3) is 0 Å². The van der Waals surface area contributed by atoms with Crippen LogP contribution in [0.4, 0.5) is 0 Å². The summed E-state index contributed by atoms with van der Waals surface area (Å²) >= 11 is 1.91. The van der Waals surface area contributed by atoms with Crippen molar-refractivity contribution >= 4 is 17.7 Å². The van der Waals surface area contributed by atoms with Gasteiger partial charge in [0, 0.05) is 30.6 Å². The molecule has 0 aliphatic carbocycles. The van der Waals surface area contributed by atoms with Crippen molar-refractivity contribution in [3.63, 3.8) is 0 Å². The zero-order valence-corrected chi connectivity index (χ0v) is 9.26. The average Bonchev–Trinajstić information content (AvgIpc) is 2.26. The Labute approximate surface area is 88.6 Å². The molecule has 0 aromatic carbocycles. The average molecular weight is 219 g/mol. The predicted octanol–water partition coefficient (Wildman–Crippen LogP) is -0.0408. The highest BCUT2D eigenvalue weighted by atomic mass is 32.2. The zero-order valence-electron chi connectivity index (χ0n) is 8.44. The molecule has 0 amide bonds. The summed E-state index contributed by atoms with van der Waals surface area (Å²) in [6, 6.07) is -0.0663. The van der Waals surface area contributed by atoms with E-state index in [1.54, 1.807) is 0 Å². The molecule has 0 spiro atoms. The maximum Gasteiger partial charge on any atom is 0.307 e. The maximum absolute atomic E-state index is 11.1. The molecule has 1 N–H and O–H groups in total. The Bertz CT molecular complexity index is 183. The molecule has 4 nitrogen and oxygen atoms in total. The largest absolute Gasteiger partial charge is 0.469 e. The Morgan fingerprint density at radius 1 is 1.57 bits per heavy atom. The minimum Gasteiger partial charge on any atom is -0.469 e. The number of ether oxygens (including phenoxy) is 1. The molecule has 1 saturated heterocycles. The first-order valence-corrected chi connectivity index (χ1v) is 5.93. The minimum absolute atomic E-state index is 0.0275. The van der Waals surface area contributed by atoms with E-state index in [1.807, 2.05) is 11.8 Å². The fraction of sp³-hybridized carbons (Fsp3) is 0.889. The molecular weight excluding hydrogens is 202 g/mol. The molecule has 1 aliphatic rings. The van der Waals surface area contributed by atoms with Gasteiger partial charge in [-0.3, -0.25) is 9.69 Å². The summed E-state index contributed by atoms with van der Waals surface area (Å²) in [7, 11) is 1.38. The second-order valence-electron chi connectivity index (χ2n) is 3.26. The highest BCUT2D eigenvalue weighted by Crippen LogP contribution is 2.14. The van der Waals surface area contributed by atoms with Gasteiger partial charge in [-0.1, -0.05) is 0 Å². The van der Waals surface area contributed by atoms with Crippen molar-refractivity contribution in [1.29, 1.82) is 0 Å². The van der Waals surface area contributed by atoms with Gasteiger partial charge in [0.2, 0.25) is 0 Å². The molecule has 14 heavy (non-hydrogen) atoms. The summed E-state index contributed by atoms with van der Waals surface area (Å²) in [4.78, 5) is 13.2. The first-order chi connectivity index (χ1) is 6.77. The lowest BCUT2D eigenvalue weighted by Crippen LogP contribution is -2.44. The quantitative estimate of drug-likeness (QED) is 0.672. The Morgan fingerprint density at radius 2 is 2.21 bits per heavy atom. The summed E-state index contributed by atoms with van der Waals surface area (Å²) in [6.07, 6.45) is 0.289. The molecule has 1 fully saturated rings. The molecule has 0 aromatic rings. The van der Waals surface area contributed by atoms with Gasteiger partial charge < -0.3 is 9.84 Å². The number of nitrogens with zero attached hydrogens (tertiary/aromatic N) is 1. The maximum atomic E-state index is 11.1. The summed E-state index contributed by atoms with van der Waals surface area (Å²) in [6.45, 7) is 1.93. The van der Waals surface area contributed by atoms with Crippen LogP contribution >= 0.6 is 11.8 Å². The predicted molar refractivity (Wildman–Crippen MR) is 56.4 cm³/mol. The van der Waals surface area contributed by atoms with Gasteiger partial charge in [-0.25, -0.2) is 0 Å². The Kier molecular flexibility index (Phi) is 5.29. The first-order valence-electron chi connectivity index (χ1n) is 4.77. The van der Waals surface area contributed by atoms with Crippen molar-refractivity contribution in [2.45, 2.75) is 12.5 Å². The normalized spacial score (nSPS) is 20.4. The fourth-order valence-corrected chi connectivity index (χ4v) is 2.46. The number of hydrogen-bond acceptors (Lipinski definition) is 5. The van der Waals surface area contributed by atoms with Gasteiger partial charge in [-0.05, 0) is 0 Å². The fourth-order valence-electron chi connectivity index (χ4n) is 1.53. The standard InChI is InChI=1S/C9H17NO3S/c1-13-9(12)6-8(7-11)10-2-4-14-5-3-10/h8,11H,2-7H2,1H3. The molecule has 1 aliphatic heterocycles. The van der Waals surface area contributed by atoms with Crippen LogP contribution in [-0.4, -0.2) is 60.3 Å². The van der Waals surface area contributed by atoms with E-state index < -0.39 is 0 Å². The Morgan fingerprint density at radius 3 is 2.71 bits per heavy atom. The molecule has 82 valence electrons. The molecule has 0 saturated carbocycles. The van der Waals surface area contributed by atoms with Crippen molar-refractivity contribution in [2.24, 2.45) is 0 Å². The third-order valence-electron chi connectivity index (χ3n) is 2.40.